The number of primary amides is 1. The zero-order valence-corrected chi connectivity index (χ0v) is 13.4. The molecule has 0 atom stereocenters. The Morgan fingerprint density at radius 1 is 1.14 bits per heavy atom. The summed E-state index contributed by atoms with van der Waals surface area (Å²) in [5.41, 5.74) is 6.08. The lowest BCUT2D eigenvalue weighted by Crippen LogP contribution is -2.40. The first kappa shape index (κ1) is 16.0. The maximum absolute atomic E-state index is 11.9. The van der Waals surface area contributed by atoms with Crippen LogP contribution in [-0.4, -0.2) is 24.4 Å². The third-order valence-corrected chi connectivity index (χ3v) is 4.34. The highest BCUT2D eigenvalue weighted by atomic mass is 79.9. The molecular weight excluding hydrogens is 334 g/mol. The number of benzene rings is 1. The van der Waals surface area contributed by atoms with Crippen molar-refractivity contribution in [1.29, 1.82) is 0 Å². The summed E-state index contributed by atoms with van der Waals surface area (Å²) in [6, 6.07) is 7.75. The number of anilines is 1. The summed E-state index contributed by atoms with van der Waals surface area (Å²) in [5.74, 6) is -0.268. The molecule has 1 aromatic rings. The molecule has 1 fully saturated rings. The smallest absolute Gasteiger partial charge is 0.238 e. The van der Waals surface area contributed by atoms with Crippen molar-refractivity contribution >= 4 is 33.4 Å². The van der Waals surface area contributed by atoms with Crippen molar-refractivity contribution < 1.29 is 9.59 Å². The Morgan fingerprint density at radius 2 is 1.76 bits per heavy atom. The van der Waals surface area contributed by atoms with Gasteiger partial charge in [-0.1, -0.05) is 15.9 Å². The summed E-state index contributed by atoms with van der Waals surface area (Å²) in [7, 11) is 0. The molecule has 6 heteroatoms. The van der Waals surface area contributed by atoms with Crippen LogP contribution in [0.2, 0.25) is 0 Å². The molecule has 0 bridgehead atoms. The van der Waals surface area contributed by atoms with Gasteiger partial charge in [0.1, 0.15) is 0 Å². The molecule has 5 nitrogen and oxygen atoms in total. The van der Waals surface area contributed by atoms with E-state index in [9.17, 15) is 9.59 Å². The number of hydrogen-bond donors (Lipinski definition) is 3. The van der Waals surface area contributed by atoms with E-state index in [1.807, 2.05) is 24.3 Å². The highest BCUT2D eigenvalue weighted by molar-refractivity contribution is 9.10. The molecule has 2 amide bonds. The van der Waals surface area contributed by atoms with E-state index in [0.29, 0.717) is 0 Å². The van der Waals surface area contributed by atoms with E-state index in [1.54, 1.807) is 0 Å². The van der Waals surface area contributed by atoms with Crippen LogP contribution in [0.5, 0.6) is 0 Å². The van der Waals surface area contributed by atoms with Crippen molar-refractivity contribution in [2.75, 3.05) is 11.9 Å². The van der Waals surface area contributed by atoms with Gasteiger partial charge in [0.05, 0.1) is 6.54 Å². The predicted octanol–water partition coefficient (Wildman–Crippen LogP) is 2.02. The van der Waals surface area contributed by atoms with Gasteiger partial charge in [-0.15, -0.1) is 0 Å². The van der Waals surface area contributed by atoms with E-state index in [4.69, 9.17) is 5.73 Å². The predicted molar refractivity (Wildman–Crippen MR) is 85.7 cm³/mol. The fourth-order valence-electron chi connectivity index (χ4n) is 2.56. The summed E-state index contributed by atoms with van der Waals surface area (Å²) in [5, 5.41) is 6.08. The number of carbonyl (C=O) groups is 2. The molecule has 0 aromatic heterocycles. The van der Waals surface area contributed by atoms with Crippen molar-refractivity contribution in [2.45, 2.75) is 31.7 Å². The fraction of sp³-hybridized carbons (Fsp3) is 0.467. The molecule has 1 aliphatic carbocycles. The summed E-state index contributed by atoms with van der Waals surface area (Å²) >= 11 is 3.35. The molecule has 0 saturated heterocycles. The van der Waals surface area contributed by atoms with Crippen LogP contribution in [-0.2, 0) is 9.59 Å². The summed E-state index contributed by atoms with van der Waals surface area (Å²) < 4.78 is 0.977. The molecule has 4 N–H and O–H groups in total. The number of amides is 2. The minimum atomic E-state index is -0.207. The van der Waals surface area contributed by atoms with Gasteiger partial charge in [0.2, 0.25) is 11.8 Å². The molecular formula is C15H20BrN3O2. The minimum absolute atomic E-state index is 0.000331. The first-order valence-electron chi connectivity index (χ1n) is 7.12. The third-order valence-electron chi connectivity index (χ3n) is 3.81. The van der Waals surface area contributed by atoms with Gasteiger partial charge in [0.25, 0.3) is 0 Å². The highest BCUT2D eigenvalue weighted by Gasteiger charge is 2.24. The average Bonchev–Trinajstić information content (AvgIpc) is 2.48. The van der Waals surface area contributed by atoms with Crippen molar-refractivity contribution in [2.24, 2.45) is 11.7 Å². The summed E-state index contributed by atoms with van der Waals surface area (Å²) in [6.45, 7) is 0.280. The van der Waals surface area contributed by atoms with E-state index in [0.717, 1.165) is 35.8 Å². The standard InChI is InChI=1S/C15H20BrN3O2/c16-11-3-7-13(8-4-11)19-14(20)9-18-12-5-1-10(2-6-12)15(17)21/h3-4,7-8,10,12,18H,1-2,5-6,9H2,(H2,17,21)(H,19,20). The molecule has 0 heterocycles. The maximum atomic E-state index is 11.9. The van der Waals surface area contributed by atoms with Gasteiger partial charge in [0, 0.05) is 22.1 Å². The Morgan fingerprint density at radius 3 is 2.33 bits per heavy atom. The zero-order valence-electron chi connectivity index (χ0n) is 11.8. The average molecular weight is 354 g/mol. The van der Waals surface area contributed by atoms with Gasteiger partial charge >= 0.3 is 0 Å². The van der Waals surface area contributed by atoms with Gasteiger partial charge in [-0.3, -0.25) is 9.59 Å². The van der Waals surface area contributed by atoms with Crippen LogP contribution in [0.3, 0.4) is 0 Å². The maximum Gasteiger partial charge on any atom is 0.238 e. The molecule has 21 heavy (non-hydrogen) atoms. The van der Waals surface area contributed by atoms with Gasteiger partial charge in [-0.25, -0.2) is 0 Å². The molecule has 0 unspecified atom stereocenters. The Balaban J connectivity index is 1.70. The zero-order chi connectivity index (χ0) is 15.2. The second kappa shape index (κ2) is 7.56. The molecule has 1 aromatic carbocycles. The normalized spacial score (nSPS) is 21.8. The largest absolute Gasteiger partial charge is 0.369 e. The number of rotatable bonds is 5. The van der Waals surface area contributed by atoms with E-state index in [1.165, 1.54) is 0 Å². The van der Waals surface area contributed by atoms with Gasteiger partial charge < -0.3 is 16.4 Å². The molecule has 1 saturated carbocycles. The van der Waals surface area contributed by atoms with Crippen molar-refractivity contribution in [3.8, 4) is 0 Å². The van der Waals surface area contributed by atoms with Gasteiger partial charge in [-0.05, 0) is 49.9 Å². The van der Waals surface area contributed by atoms with E-state index < -0.39 is 0 Å². The first-order chi connectivity index (χ1) is 10.0. The molecule has 0 aliphatic heterocycles. The lowest BCUT2D eigenvalue weighted by Gasteiger charge is -2.27. The summed E-state index contributed by atoms with van der Waals surface area (Å²) in [6.07, 6.45) is 3.39. The number of hydrogen-bond acceptors (Lipinski definition) is 3. The number of nitrogens with two attached hydrogens (primary N) is 1. The van der Waals surface area contributed by atoms with Gasteiger partial charge in [-0.2, -0.15) is 0 Å². The van der Waals surface area contributed by atoms with E-state index >= 15 is 0 Å². The SMILES string of the molecule is NC(=O)C1CCC(NCC(=O)Nc2ccc(Br)cc2)CC1. The van der Waals surface area contributed by atoms with Crippen LogP contribution >= 0.6 is 15.9 Å². The lowest BCUT2D eigenvalue weighted by molar-refractivity contribution is -0.123. The third kappa shape index (κ3) is 5.13. The van der Waals surface area contributed by atoms with Crippen LogP contribution < -0.4 is 16.4 Å². The van der Waals surface area contributed by atoms with Gasteiger partial charge in [0.15, 0.2) is 0 Å². The highest BCUT2D eigenvalue weighted by Crippen LogP contribution is 2.23. The Hall–Kier alpha value is -1.40. The Bertz CT molecular complexity index is 496. The van der Waals surface area contributed by atoms with E-state index in [-0.39, 0.29) is 30.3 Å². The monoisotopic (exact) mass is 353 g/mol. The molecule has 114 valence electrons. The van der Waals surface area contributed by atoms with Crippen molar-refractivity contribution in [1.82, 2.24) is 5.32 Å². The summed E-state index contributed by atoms with van der Waals surface area (Å²) in [4.78, 5) is 22.9. The minimum Gasteiger partial charge on any atom is -0.369 e. The Labute approximate surface area is 132 Å². The van der Waals surface area contributed by atoms with E-state index in [2.05, 4.69) is 26.6 Å². The van der Waals surface area contributed by atoms with Crippen LogP contribution in [0.4, 0.5) is 5.69 Å². The van der Waals surface area contributed by atoms with Crippen molar-refractivity contribution in [3.63, 3.8) is 0 Å². The van der Waals surface area contributed by atoms with Crippen LogP contribution in [0.15, 0.2) is 28.7 Å². The number of carbonyl (C=O) groups excluding carboxylic acids is 2. The molecule has 0 spiro atoms. The second-order valence-electron chi connectivity index (χ2n) is 5.39. The van der Waals surface area contributed by atoms with Crippen molar-refractivity contribution in [3.05, 3.63) is 28.7 Å². The topological polar surface area (TPSA) is 84.2 Å². The van der Waals surface area contributed by atoms with Crippen LogP contribution in [0, 0.1) is 5.92 Å². The first-order valence-corrected chi connectivity index (χ1v) is 7.92. The van der Waals surface area contributed by atoms with Crippen LogP contribution in [0.25, 0.3) is 0 Å². The number of halogens is 1. The van der Waals surface area contributed by atoms with Crippen LogP contribution in [0.1, 0.15) is 25.7 Å². The molecule has 0 radical (unpaired) electrons. The Kier molecular flexibility index (Phi) is 5.76. The quantitative estimate of drug-likeness (QED) is 0.756. The fourth-order valence-corrected chi connectivity index (χ4v) is 2.82. The molecule has 2 rings (SSSR count). The molecule has 1 aliphatic rings. The lowest BCUT2D eigenvalue weighted by atomic mass is 9.85. The number of nitrogens with one attached hydrogen (secondary N) is 2. The second-order valence-corrected chi connectivity index (χ2v) is 6.30.